The first-order chi connectivity index (χ1) is 19.2. The van der Waals surface area contributed by atoms with Gasteiger partial charge in [0.05, 0.1) is 24.0 Å². The van der Waals surface area contributed by atoms with Crippen LogP contribution < -0.4 is 14.5 Å². The van der Waals surface area contributed by atoms with Crippen LogP contribution in [0.25, 0.3) is 0 Å². The molecule has 3 aromatic carbocycles. The molecule has 6 rings (SSSR count). The van der Waals surface area contributed by atoms with E-state index in [0.717, 1.165) is 16.8 Å². The second kappa shape index (κ2) is 9.71. The van der Waals surface area contributed by atoms with Crippen molar-refractivity contribution in [3.8, 4) is 5.75 Å². The first kappa shape index (κ1) is 26.5. The lowest BCUT2D eigenvalue weighted by Crippen LogP contribution is -2.45. The predicted octanol–water partition coefficient (Wildman–Crippen LogP) is 5.27. The fourth-order valence-electron chi connectivity index (χ4n) is 6.92. The molecule has 0 saturated carbocycles. The maximum Gasteiger partial charge on any atom is 0.269 e. The van der Waals surface area contributed by atoms with Gasteiger partial charge >= 0.3 is 0 Å². The fraction of sp³-hybridized carbons (Fsp3) is 0.375. The standard InChI is InChI=1S/C32H33FN2O5/c1-20-29(31(2,3)33)27(15-16-36)40-32(20)23-11-4-5-12-24(23)34(30(32)38)18-21-9-8-10-22(17-21)35-25-13-6-7-14-26(25)39-19-28(35)37/h4-14,17,20,27,29,36H,15-16,18-19H2,1-3H3/t20-,27+,29-,32+/m1/s1. The molecule has 0 aromatic heterocycles. The summed E-state index contributed by atoms with van der Waals surface area (Å²) < 4.78 is 27.7. The van der Waals surface area contributed by atoms with Gasteiger partial charge in [0.15, 0.2) is 12.2 Å². The zero-order valence-corrected chi connectivity index (χ0v) is 22.8. The molecule has 1 fully saturated rings. The molecule has 4 atom stereocenters. The number of alkyl halides is 1. The van der Waals surface area contributed by atoms with Crippen LogP contribution in [0.4, 0.5) is 21.5 Å². The van der Waals surface area contributed by atoms with Crippen LogP contribution in [0.3, 0.4) is 0 Å². The van der Waals surface area contributed by atoms with Crippen LogP contribution in [0.5, 0.6) is 5.75 Å². The summed E-state index contributed by atoms with van der Waals surface area (Å²) in [6.45, 7) is 4.94. The molecule has 3 aliphatic rings. The largest absolute Gasteiger partial charge is 0.482 e. The number of amides is 2. The van der Waals surface area contributed by atoms with E-state index in [0.29, 0.717) is 17.1 Å². The van der Waals surface area contributed by atoms with E-state index in [4.69, 9.17) is 9.47 Å². The van der Waals surface area contributed by atoms with E-state index in [1.165, 1.54) is 13.8 Å². The van der Waals surface area contributed by atoms with Crippen molar-refractivity contribution in [1.82, 2.24) is 0 Å². The average molecular weight is 545 g/mol. The number of nitrogens with zero attached hydrogens (tertiary/aromatic N) is 2. The monoisotopic (exact) mass is 544 g/mol. The second-order valence-corrected chi connectivity index (χ2v) is 11.3. The number of aliphatic hydroxyl groups is 1. The maximum atomic E-state index is 15.5. The number of carbonyl (C=O) groups is 2. The molecule has 3 aliphatic heterocycles. The summed E-state index contributed by atoms with van der Waals surface area (Å²) in [5, 5.41) is 9.72. The van der Waals surface area contributed by atoms with Crippen LogP contribution in [-0.2, 0) is 26.5 Å². The highest BCUT2D eigenvalue weighted by Gasteiger charge is 2.65. The van der Waals surface area contributed by atoms with E-state index < -0.39 is 29.2 Å². The predicted molar refractivity (Wildman–Crippen MR) is 149 cm³/mol. The number of ether oxygens (including phenoxy) is 2. The van der Waals surface area contributed by atoms with E-state index in [1.807, 2.05) is 79.7 Å². The molecule has 0 bridgehead atoms. The first-order valence-electron chi connectivity index (χ1n) is 13.7. The number of rotatable bonds is 6. The molecule has 208 valence electrons. The minimum atomic E-state index is -1.61. The quantitative estimate of drug-likeness (QED) is 0.458. The van der Waals surface area contributed by atoms with Crippen LogP contribution in [0.15, 0.2) is 72.8 Å². The summed E-state index contributed by atoms with van der Waals surface area (Å²) in [6.07, 6.45) is -0.357. The molecule has 0 radical (unpaired) electrons. The smallest absolute Gasteiger partial charge is 0.269 e. The molecule has 0 unspecified atom stereocenters. The van der Waals surface area contributed by atoms with Gasteiger partial charge in [0.2, 0.25) is 0 Å². The third kappa shape index (κ3) is 4.00. The van der Waals surface area contributed by atoms with E-state index in [1.54, 1.807) is 9.80 Å². The van der Waals surface area contributed by atoms with Gasteiger partial charge in [0.25, 0.3) is 11.8 Å². The van der Waals surface area contributed by atoms with Gasteiger partial charge in [-0.2, -0.15) is 0 Å². The van der Waals surface area contributed by atoms with Crippen molar-refractivity contribution in [2.24, 2.45) is 11.8 Å². The van der Waals surface area contributed by atoms with E-state index in [2.05, 4.69) is 0 Å². The molecule has 1 saturated heterocycles. The van der Waals surface area contributed by atoms with Crippen molar-refractivity contribution in [2.75, 3.05) is 23.0 Å². The number of benzene rings is 3. The van der Waals surface area contributed by atoms with Gasteiger partial charge in [-0.15, -0.1) is 0 Å². The highest BCUT2D eigenvalue weighted by molar-refractivity contribution is 6.08. The Labute approximate surface area is 233 Å². The van der Waals surface area contributed by atoms with E-state index in [-0.39, 0.29) is 38.0 Å². The molecule has 2 amide bonds. The van der Waals surface area contributed by atoms with Crippen LogP contribution in [0.1, 0.15) is 38.3 Å². The minimum Gasteiger partial charge on any atom is -0.482 e. The number of hydrogen-bond acceptors (Lipinski definition) is 5. The summed E-state index contributed by atoms with van der Waals surface area (Å²) >= 11 is 0. The average Bonchev–Trinajstić information content (AvgIpc) is 3.36. The van der Waals surface area contributed by atoms with Crippen molar-refractivity contribution in [1.29, 1.82) is 0 Å². The van der Waals surface area contributed by atoms with Crippen molar-refractivity contribution in [3.63, 3.8) is 0 Å². The Morgan fingerprint density at radius 3 is 2.50 bits per heavy atom. The number of aliphatic hydroxyl groups excluding tert-OH is 1. The third-order valence-electron chi connectivity index (χ3n) is 8.50. The van der Waals surface area contributed by atoms with Gasteiger partial charge in [-0.25, -0.2) is 4.39 Å². The maximum absolute atomic E-state index is 15.5. The number of carbonyl (C=O) groups excluding carboxylic acids is 2. The molecule has 8 heteroatoms. The van der Waals surface area contributed by atoms with Crippen molar-refractivity contribution >= 4 is 28.9 Å². The number of hydrogen-bond donors (Lipinski definition) is 1. The van der Waals surface area contributed by atoms with E-state index >= 15 is 4.39 Å². The van der Waals surface area contributed by atoms with E-state index in [9.17, 15) is 14.7 Å². The zero-order valence-electron chi connectivity index (χ0n) is 22.8. The lowest BCUT2D eigenvalue weighted by Gasteiger charge is -2.32. The summed E-state index contributed by atoms with van der Waals surface area (Å²) in [4.78, 5) is 30.6. The molecule has 1 N–H and O–H groups in total. The number of para-hydroxylation sites is 3. The molecule has 0 aliphatic carbocycles. The van der Waals surface area contributed by atoms with Crippen LogP contribution in [0, 0.1) is 11.8 Å². The van der Waals surface area contributed by atoms with Crippen LogP contribution in [-0.4, -0.2) is 41.9 Å². The fourth-order valence-corrected chi connectivity index (χ4v) is 6.92. The molecular weight excluding hydrogens is 511 g/mol. The van der Waals surface area contributed by atoms with Crippen molar-refractivity contribution in [2.45, 2.75) is 51.1 Å². The number of halogens is 1. The summed E-state index contributed by atoms with van der Waals surface area (Å²) in [5.41, 5.74) is 0.658. The van der Waals surface area contributed by atoms with Gasteiger partial charge in [-0.3, -0.25) is 14.5 Å². The third-order valence-corrected chi connectivity index (χ3v) is 8.50. The van der Waals surface area contributed by atoms with Crippen LogP contribution in [0.2, 0.25) is 0 Å². The van der Waals surface area contributed by atoms with Gasteiger partial charge in [0.1, 0.15) is 11.4 Å². The second-order valence-electron chi connectivity index (χ2n) is 11.3. The molecule has 7 nitrogen and oxygen atoms in total. The Hall–Kier alpha value is -3.75. The Morgan fingerprint density at radius 1 is 1.02 bits per heavy atom. The number of fused-ring (bicyclic) bond motifs is 3. The SMILES string of the molecule is C[C@@H]1[C@@H](C(C)(C)F)[C@H](CCO)O[C@@]12C(=O)N(Cc1cccc(N3C(=O)COc4ccccc43)c1)c1ccccc12. The Bertz CT molecular complexity index is 1470. The summed E-state index contributed by atoms with van der Waals surface area (Å²) in [7, 11) is 0. The zero-order chi connectivity index (χ0) is 28.2. The van der Waals surface area contributed by atoms with Crippen molar-refractivity contribution in [3.05, 3.63) is 83.9 Å². The molecular formula is C32H33FN2O5. The first-order valence-corrected chi connectivity index (χ1v) is 13.7. The minimum absolute atomic E-state index is 0.0575. The normalized spacial score (nSPS) is 25.8. The molecule has 3 heterocycles. The van der Waals surface area contributed by atoms with Gasteiger partial charge in [-0.05, 0) is 56.2 Å². The van der Waals surface area contributed by atoms with Gasteiger partial charge in [-0.1, -0.05) is 49.4 Å². The lowest BCUT2D eigenvalue weighted by atomic mass is 9.71. The lowest BCUT2D eigenvalue weighted by molar-refractivity contribution is -0.146. The Kier molecular flexibility index (Phi) is 6.43. The van der Waals surface area contributed by atoms with Gasteiger partial charge in [0, 0.05) is 29.7 Å². The van der Waals surface area contributed by atoms with Gasteiger partial charge < -0.3 is 19.5 Å². The molecule has 1 spiro atoms. The Morgan fingerprint density at radius 2 is 1.75 bits per heavy atom. The topological polar surface area (TPSA) is 79.3 Å². The number of anilines is 3. The molecule has 3 aromatic rings. The van der Waals surface area contributed by atoms with Crippen molar-refractivity contribution < 1.29 is 28.6 Å². The summed E-state index contributed by atoms with van der Waals surface area (Å²) in [6, 6.07) is 22.5. The highest BCUT2D eigenvalue weighted by Crippen LogP contribution is 2.58. The molecule has 40 heavy (non-hydrogen) atoms. The van der Waals surface area contributed by atoms with Crippen LogP contribution >= 0.6 is 0 Å². The Balaban J connectivity index is 1.37. The highest BCUT2D eigenvalue weighted by atomic mass is 19.1. The summed E-state index contributed by atoms with van der Waals surface area (Å²) in [5.74, 6) is -0.827.